The average molecular weight is 194 g/mol. The number of carbonyl (C=O) groups is 1. The van der Waals surface area contributed by atoms with E-state index in [0.29, 0.717) is 0 Å². The van der Waals surface area contributed by atoms with Gasteiger partial charge in [-0.2, -0.15) is 0 Å². The van der Waals surface area contributed by atoms with Gasteiger partial charge in [0.15, 0.2) is 9.84 Å². The summed E-state index contributed by atoms with van der Waals surface area (Å²) in [6.45, 7) is 4.68. The number of amides is 2. The van der Waals surface area contributed by atoms with Crippen LogP contribution >= 0.6 is 0 Å². The van der Waals surface area contributed by atoms with Crippen LogP contribution in [0, 0.1) is 0 Å². The third-order valence-electron chi connectivity index (χ3n) is 1.37. The summed E-state index contributed by atoms with van der Waals surface area (Å²) in [6, 6.07) is -0.831. The molecule has 72 valence electrons. The van der Waals surface area contributed by atoms with Gasteiger partial charge in [0.25, 0.3) is 0 Å². The van der Waals surface area contributed by atoms with Gasteiger partial charge >= 0.3 is 6.03 Å². The van der Waals surface area contributed by atoms with Crippen LogP contribution in [-0.4, -0.2) is 25.1 Å². The van der Waals surface area contributed by atoms with E-state index in [0.717, 1.165) is 0 Å². The Hall–Kier alpha value is -0.780. The van der Waals surface area contributed by atoms with Gasteiger partial charge in [0, 0.05) is 0 Å². The number of nitrogens with one attached hydrogen (secondary N) is 1. The molecule has 5 nitrogen and oxygen atoms in total. The second-order valence-corrected chi connectivity index (χ2v) is 6.16. The summed E-state index contributed by atoms with van der Waals surface area (Å²) in [4.78, 5) is 10.2. The third kappa shape index (κ3) is 3.08. The van der Waals surface area contributed by atoms with Crippen LogP contribution in [0.3, 0.4) is 0 Å². The molecule has 0 radical (unpaired) electrons. The highest BCUT2D eigenvalue weighted by molar-refractivity contribution is 7.92. The molecule has 0 rings (SSSR count). The summed E-state index contributed by atoms with van der Waals surface area (Å²) in [7, 11) is -3.30. The number of primary amides is 1. The molecular weight excluding hydrogens is 180 g/mol. The number of sulfone groups is 1. The van der Waals surface area contributed by atoms with E-state index in [-0.39, 0.29) is 0 Å². The van der Waals surface area contributed by atoms with Crippen molar-refractivity contribution in [1.29, 1.82) is 0 Å². The van der Waals surface area contributed by atoms with E-state index in [1.165, 1.54) is 0 Å². The molecule has 0 saturated carbocycles. The highest BCUT2D eigenvalue weighted by Crippen LogP contribution is 2.14. The van der Waals surface area contributed by atoms with Gasteiger partial charge in [-0.25, -0.2) is 13.2 Å². The van der Waals surface area contributed by atoms with E-state index in [9.17, 15) is 13.2 Å². The highest BCUT2D eigenvalue weighted by atomic mass is 32.2. The van der Waals surface area contributed by atoms with Gasteiger partial charge in [-0.05, 0) is 20.8 Å². The number of carbonyl (C=O) groups excluding carboxylic acids is 1. The SMILES string of the molecule is CC(C)(C)S(=O)(=O)CNC(N)=O. The van der Waals surface area contributed by atoms with Crippen LogP contribution in [-0.2, 0) is 9.84 Å². The molecule has 0 bridgehead atoms. The Morgan fingerprint density at radius 2 is 1.83 bits per heavy atom. The third-order valence-corrected chi connectivity index (χ3v) is 3.76. The molecule has 0 aliphatic carbocycles. The second-order valence-electron chi connectivity index (χ2n) is 3.41. The molecule has 0 spiro atoms. The molecule has 0 fully saturated rings. The van der Waals surface area contributed by atoms with Crippen molar-refractivity contribution < 1.29 is 13.2 Å². The van der Waals surface area contributed by atoms with Crippen LogP contribution in [0.1, 0.15) is 20.8 Å². The molecule has 0 heterocycles. The first-order valence-corrected chi connectivity index (χ1v) is 5.07. The van der Waals surface area contributed by atoms with Gasteiger partial charge < -0.3 is 11.1 Å². The predicted octanol–water partition coefficient (Wildman–Crippen LogP) is -0.175. The minimum atomic E-state index is -3.30. The number of rotatable bonds is 2. The number of hydrogen-bond acceptors (Lipinski definition) is 3. The van der Waals surface area contributed by atoms with E-state index < -0.39 is 26.5 Å². The zero-order chi connectivity index (χ0) is 9.99. The van der Waals surface area contributed by atoms with Gasteiger partial charge in [0.05, 0.1) is 4.75 Å². The normalized spacial score (nSPS) is 12.6. The molecule has 3 N–H and O–H groups in total. The molecule has 0 aromatic heterocycles. The first-order valence-electron chi connectivity index (χ1n) is 3.42. The van der Waals surface area contributed by atoms with Gasteiger partial charge in [0.1, 0.15) is 5.88 Å². The maximum absolute atomic E-state index is 11.3. The van der Waals surface area contributed by atoms with E-state index >= 15 is 0 Å². The van der Waals surface area contributed by atoms with E-state index in [1.807, 2.05) is 5.32 Å². The molecule has 2 amide bonds. The Morgan fingerprint density at radius 3 is 2.08 bits per heavy atom. The Bertz CT molecular complexity index is 263. The lowest BCUT2D eigenvalue weighted by Gasteiger charge is -2.18. The van der Waals surface area contributed by atoms with E-state index in [4.69, 9.17) is 5.73 Å². The molecular formula is C6H14N2O3S. The number of urea groups is 1. The van der Waals surface area contributed by atoms with Crippen molar-refractivity contribution in [2.24, 2.45) is 5.73 Å². The second kappa shape index (κ2) is 3.30. The number of hydrogen-bond donors (Lipinski definition) is 2. The molecule has 12 heavy (non-hydrogen) atoms. The molecule has 0 atom stereocenters. The lowest BCUT2D eigenvalue weighted by Crippen LogP contribution is -2.40. The monoisotopic (exact) mass is 194 g/mol. The zero-order valence-electron chi connectivity index (χ0n) is 7.42. The zero-order valence-corrected chi connectivity index (χ0v) is 8.23. The van der Waals surface area contributed by atoms with Crippen LogP contribution in [0.15, 0.2) is 0 Å². The fourth-order valence-electron chi connectivity index (χ4n) is 0.383. The van der Waals surface area contributed by atoms with E-state index in [1.54, 1.807) is 20.8 Å². The average Bonchev–Trinajstić information content (AvgIpc) is 1.81. The lowest BCUT2D eigenvalue weighted by molar-refractivity contribution is 0.250. The van der Waals surface area contributed by atoms with Crippen molar-refractivity contribution in [3.63, 3.8) is 0 Å². The molecule has 0 aliphatic heterocycles. The smallest absolute Gasteiger partial charge is 0.313 e. The summed E-state index contributed by atoms with van der Waals surface area (Å²) in [5, 5.41) is 2.04. The minimum absolute atomic E-state index is 0.411. The van der Waals surface area contributed by atoms with Crippen molar-refractivity contribution >= 4 is 15.9 Å². The van der Waals surface area contributed by atoms with Crippen LogP contribution in [0.25, 0.3) is 0 Å². The van der Waals surface area contributed by atoms with Crippen LogP contribution in [0.2, 0.25) is 0 Å². The summed E-state index contributed by atoms with van der Waals surface area (Å²) in [5.74, 6) is -0.411. The first-order chi connectivity index (χ1) is 5.17. The van der Waals surface area contributed by atoms with Crippen LogP contribution in [0.4, 0.5) is 4.79 Å². The largest absolute Gasteiger partial charge is 0.352 e. The summed E-state index contributed by atoms with van der Waals surface area (Å²) in [5.41, 5.74) is 4.73. The standard InChI is InChI=1S/C6H14N2O3S/c1-6(2,3)12(10,11)4-8-5(7)9/h4H2,1-3H3,(H3,7,8,9). The molecule has 0 aromatic rings. The van der Waals surface area contributed by atoms with Gasteiger partial charge in [-0.1, -0.05) is 0 Å². The molecule has 0 unspecified atom stereocenters. The van der Waals surface area contributed by atoms with Crippen molar-refractivity contribution in [2.45, 2.75) is 25.5 Å². The van der Waals surface area contributed by atoms with Gasteiger partial charge in [0.2, 0.25) is 0 Å². The highest BCUT2D eigenvalue weighted by Gasteiger charge is 2.28. The van der Waals surface area contributed by atoms with Gasteiger partial charge in [-0.3, -0.25) is 0 Å². The van der Waals surface area contributed by atoms with Crippen molar-refractivity contribution in [2.75, 3.05) is 5.88 Å². The Labute approximate surface area is 72.2 Å². The number of nitrogens with two attached hydrogens (primary N) is 1. The summed E-state index contributed by atoms with van der Waals surface area (Å²) in [6.07, 6.45) is 0. The maximum atomic E-state index is 11.3. The molecule has 0 saturated heterocycles. The van der Waals surface area contributed by atoms with Crippen LogP contribution < -0.4 is 11.1 Å². The van der Waals surface area contributed by atoms with E-state index in [2.05, 4.69) is 0 Å². The fraction of sp³-hybridized carbons (Fsp3) is 0.833. The quantitative estimate of drug-likeness (QED) is 0.639. The van der Waals surface area contributed by atoms with Crippen molar-refractivity contribution in [3.05, 3.63) is 0 Å². The molecule has 0 aromatic carbocycles. The molecule has 0 aliphatic rings. The Balaban J connectivity index is 4.37. The Kier molecular flexibility index (Phi) is 3.09. The fourth-order valence-corrected chi connectivity index (χ4v) is 1.15. The predicted molar refractivity (Wildman–Crippen MR) is 46.3 cm³/mol. The maximum Gasteiger partial charge on any atom is 0.313 e. The van der Waals surface area contributed by atoms with Crippen molar-refractivity contribution in [3.8, 4) is 0 Å². The van der Waals surface area contributed by atoms with Gasteiger partial charge in [-0.15, -0.1) is 0 Å². The minimum Gasteiger partial charge on any atom is -0.352 e. The van der Waals surface area contributed by atoms with Crippen LogP contribution in [0.5, 0.6) is 0 Å². The lowest BCUT2D eigenvalue weighted by atomic mass is 10.3. The first kappa shape index (κ1) is 11.2. The topological polar surface area (TPSA) is 89.3 Å². The summed E-state index contributed by atoms with van der Waals surface area (Å²) >= 11 is 0. The molecule has 6 heteroatoms. The Morgan fingerprint density at radius 1 is 1.42 bits per heavy atom. The van der Waals surface area contributed by atoms with Crippen molar-refractivity contribution in [1.82, 2.24) is 5.32 Å². The summed E-state index contributed by atoms with van der Waals surface area (Å²) < 4.78 is 21.7.